The number of nitrogens with zero attached hydrogens (tertiary/aromatic N) is 1. The van der Waals surface area contributed by atoms with E-state index in [-0.39, 0.29) is 6.54 Å². The lowest BCUT2D eigenvalue weighted by molar-refractivity contribution is 0.591. The molecule has 0 fully saturated rings. The fourth-order valence-corrected chi connectivity index (χ4v) is 3.68. The van der Waals surface area contributed by atoms with Gasteiger partial charge in [-0.3, -0.25) is 4.98 Å². The molecule has 4 nitrogen and oxygen atoms in total. The minimum absolute atomic E-state index is 0.222. The van der Waals surface area contributed by atoms with Crippen molar-refractivity contribution in [2.75, 3.05) is 0 Å². The van der Waals surface area contributed by atoms with E-state index >= 15 is 0 Å². The van der Waals surface area contributed by atoms with Crippen molar-refractivity contribution >= 4 is 27.4 Å². The molecule has 3 rings (SSSR count). The molecular formula is C19H18N2O2S2. The third-order valence-corrected chi connectivity index (χ3v) is 5.36. The maximum absolute atomic E-state index is 12.1. The molecule has 0 saturated carbocycles. The molecule has 0 radical (unpaired) electrons. The Balaban J connectivity index is 1.66. The van der Waals surface area contributed by atoms with Crippen molar-refractivity contribution in [2.45, 2.75) is 13.5 Å². The lowest BCUT2D eigenvalue weighted by atomic mass is 10.1. The largest absolute Gasteiger partial charge is 0.256 e. The van der Waals surface area contributed by atoms with Gasteiger partial charge < -0.3 is 0 Å². The molecule has 0 amide bonds. The molecule has 3 aromatic rings. The van der Waals surface area contributed by atoms with E-state index < -0.39 is 10.0 Å². The predicted molar refractivity (Wildman–Crippen MR) is 104 cm³/mol. The summed E-state index contributed by atoms with van der Waals surface area (Å²) in [5.41, 5.74) is 4.72. The Bertz CT molecular complexity index is 961. The summed E-state index contributed by atoms with van der Waals surface area (Å²) in [7, 11) is -3.50. The molecule has 2 aromatic heterocycles. The van der Waals surface area contributed by atoms with Crippen LogP contribution >= 0.6 is 11.3 Å². The molecule has 2 heterocycles. The maximum Gasteiger partial charge on any atom is 0.234 e. The van der Waals surface area contributed by atoms with Crippen molar-refractivity contribution in [3.05, 3.63) is 81.5 Å². The number of rotatable bonds is 6. The average Bonchev–Trinajstić information content (AvgIpc) is 3.15. The summed E-state index contributed by atoms with van der Waals surface area (Å²) < 4.78 is 26.9. The van der Waals surface area contributed by atoms with Crippen LogP contribution in [0.25, 0.3) is 17.3 Å². The molecule has 1 N–H and O–H groups in total. The van der Waals surface area contributed by atoms with Crippen LogP contribution in [0.2, 0.25) is 0 Å². The van der Waals surface area contributed by atoms with Crippen LogP contribution in [0.1, 0.15) is 16.7 Å². The first-order chi connectivity index (χ1) is 12.0. The highest BCUT2D eigenvalue weighted by molar-refractivity contribution is 7.92. The van der Waals surface area contributed by atoms with Crippen molar-refractivity contribution in [1.29, 1.82) is 0 Å². The number of benzene rings is 1. The van der Waals surface area contributed by atoms with E-state index in [9.17, 15) is 8.42 Å². The summed E-state index contributed by atoms with van der Waals surface area (Å²) in [5, 5.41) is 5.20. The summed E-state index contributed by atoms with van der Waals surface area (Å²) in [6.45, 7) is 2.21. The highest BCUT2D eigenvalue weighted by atomic mass is 32.2. The van der Waals surface area contributed by atoms with Gasteiger partial charge in [-0.05, 0) is 47.7 Å². The molecule has 0 bridgehead atoms. The number of aromatic nitrogens is 1. The van der Waals surface area contributed by atoms with Gasteiger partial charge in [-0.2, -0.15) is 11.3 Å². The Labute approximate surface area is 151 Å². The highest BCUT2D eigenvalue weighted by Crippen LogP contribution is 2.20. The van der Waals surface area contributed by atoms with E-state index in [0.29, 0.717) is 0 Å². The normalized spacial score (nSPS) is 11.9. The molecule has 0 aliphatic carbocycles. The van der Waals surface area contributed by atoms with E-state index in [1.54, 1.807) is 23.6 Å². The maximum atomic E-state index is 12.1. The zero-order chi connectivity index (χ0) is 17.7. The van der Waals surface area contributed by atoms with Crippen LogP contribution in [0.5, 0.6) is 0 Å². The SMILES string of the molecule is Cc1ccc(/C=C/S(=O)(=O)NCc2ccnc(-c3ccsc3)c2)cc1. The topological polar surface area (TPSA) is 59.1 Å². The second-order valence-corrected chi connectivity index (χ2v) is 8.07. The molecule has 25 heavy (non-hydrogen) atoms. The smallest absolute Gasteiger partial charge is 0.234 e. The molecule has 0 spiro atoms. The van der Waals surface area contributed by atoms with Gasteiger partial charge in [-0.1, -0.05) is 29.8 Å². The van der Waals surface area contributed by atoms with E-state index in [0.717, 1.165) is 27.9 Å². The number of hydrogen-bond acceptors (Lipinski definition) is 4. The lowest BCUT2D eigenvalue weighted by Gasteiger charge is -2.05. The first-order valence-electron chi connectivity index (χ1n) is 7.74. The van der Waals surface area contributed by atoms with Gasteiger partial charge >= 0.3 is 0 Å². The highest BCUT2D eigenvalue weighted by Gasteiger charge is 2.07. The van der Waals surface area contributed by atoms with Crippen molar-refractivity contribution in [3.8, 4) is 11.3 Å². The molecular weight excluding hydrogens is 352 g/mol. The standard InChI is InChI=1S/C19H18N2O2S2/c1-15-2-4-16(5-3-15)8-11-25(22,23)21-13-17-6-9-20-19(12-17)18-7-10-24-14-18/h2-12,14,21H,13H2,1H3/b11-8+. The van der Waals surface area contributed by atoms with E-state index in [1.165, 1.54) is 5.41 Å². The number of thiophene rings is 1. The molecule has 0 atom stereocenters. The number of nitrogens with one attached hydrogen (secondary N) is 1. The van der Waals surface area contributed by atoms with Gasteiger partial charge in [0, 0.05) is 29.1 Å². The number of sulfonamides is 1. The Hall–Kier alpha value is -2.28. The molecule has 0 aliphatic rings. The van der Waals surface area contributed by atoms with Crippen LogP contribution < -0.4 is 4.72 Å². The zero-order valence-electron chi connectivity index (χ0n) is 13.7. The quantitative estimate of drug-likeness (QED) is 0.707. The third kappa shape index (κ3) is 5.09. The second kappa shape index (κ2) is 7.74. The van der Waals surface area contributed by atoms with Crippen molar-refractivity contribution in [1.82, 2.24) is 9.71 Å². The predicted octanol–water partition coefficient (Wildman–Crippen LogP) is 4.21. The second-order valence-electron chi connectivity index (χ2n) is 5.64. The van der Waals surface area contributed by atoms with Gasteiger partial charge in [0.05, 0.1) is 5.69 Å². The van der Waals surface area contributed by atoms with E-state index in [1.807, 2.05) is 60.1 Å². The van der Waals surface area contributed by atoms with E-state index in [4.69, 9.17) is 0 Å². The molecule has 0 saturated heterocycles. The fourth-order valence-electron chi connectivity index (χ4n) is 2.23. The first kappa shape index (κ1) is 17.5. The van der Waals surface area contributed by atoms with E-state index in [2.05, 4.69) is 9.71 Å². The molecule has 0 aliphatic heterocycles. The number of pyridine rings is 1. The minimum Gasteiger partial charge on any atom is -0.256 e. The van der Waals surface area contributed by atoms with Gasteiger partial charge in [0.15, 0.2) is 0 Å². The summed E-state index contributed by atoms with van der Waals surface area (Å²) in [4.78, 5) is 4.32. The lowest BCUT2D eigenvalue weighted by Crippen LogP contribution is -2.20. The van der Waals surface area contributed by atoms with Crippen molar-refractivity contribution in [3.63, 3.8) is 0 Å². The van der Waals surface area contributed by atoms with Crippen LogP contribution in [0.3, 0.4) is 0 Å². The minimum atomic E-state index is -3.50. The van der Waals surface area contributed by atoms with Crippen LogP contribution in [0, 0.1) is 6.92 Å². The molecule has 0 unspecified atom stereocenters. The van der Waals surface area contributed by atoms with Crippen LogP contribution in [0.4, 0.5) is 0 Å². The molecule has 6 heteroatoms. The molecule has 1 aromatic carbocycles. The Kier molecular flexibility index (Phi) is 5.43. The van der Waals surface area contributed by atoms with Crippen LogP contribution in [-0.4, -0.2) is 13.4 Å². The Morgan fingerprint density at radius 2 is 1.96 bits per heavy atom. The van der Waals surface area contributed by atoms with Crippen LogP contribution in [0.15, 0.2) is 64.8 Å². The third-order valence-electron chi connectivity index (χ3n) is 3.64. The van der Waals surface area contributed by atoms with Gasteiger partial charge in [-0.25, -0.2) is 13.1 Å². The van der Waals surface area contributed by atoms with Gasteiger partial charge in [0.1, 0.15) is 0 Å². The fraction of sp³-hybridized carbons (Fsp3) is 0.105. The Morgan fingerprint density at radius 3 is 2.68 bits per heavy atom. The summed E-state index contributed by atoms with van der Waals surface area (Å²) in [6, 6.07) is 13.4. The van der Waals surface area contributed by atoms with Crippen molar-refractivity contribution < 1.29 is 8.42 Å². The van der Waals surface area contributed by atoms with Gasteiger partial charge in [0.25, 0.3) is 0 Å². The van der Waals surface area contributed by atoms with Crippen molar-refractivity contribution in [2.24, 2.45) is 0 Å². The summed E-state index contributed by atoms with van der Waals surface area (Å²) in [6.07, 6.45) is 3.28. The number of hydrogen-bond donors (Lipinski definition) is 1. The van der Waals surface area contributed by atoms with Crippen LogP contribution in [-0.2, 0) is 16.6 Å². The zero-order valence-corrected chi connectivity index (χ0v) is 15.3. The Morgan fingerprint density at radius 1 is 1.16 bits per heavy atom. The number of aryl methyl sites for hydroxylation is 1. The summed E-state index contributed by atoms with van der Waals surface area (Å²) in [5.74, 6) is 0. The van der Waals surface area contributed by atoms with Gasteiger partial charge in [0.2, 0.25) is 10.0 Å². The van der Waals surface area contributed by atoms with Gasteiger partial charge in [-0.15, -0.1) is 0 Å². The summed E-state index contributed by atoms with van der Waals surface area (Å²) >= 11 is 1.60. The molecule has 128 valence electrons. The monoisotopic (exact) mass is 370 g/mol. The average molecular weight is 370 g/mol. The first-order valence-corrected chi connectivity index (χ1v) is 10.2.